The molecule has 0 aliphatic heterocycles. The van der Waals surface area contributed by atoms with Crippen LogP contribution in [0.1, 0.15) is 11.3 Å². The highest BCUT2D eigenvalue weighted by atomic mass is 19.4. The number of hydrogen-bond acceptors (Lipinski definition) is 2. The van der Waals surface area contributed by atoms with Crippen molar-refractivity contribution in [2.45, 2.75) is 13.1 Å². The minimum Gasteiger partial charge on any atom is -0.237 e. The number of halogens is 3. The average molecular weight is 227 g/mol. The van der Waals surface area contributed by atoms with Crippen LogP contribution in [0.5, 0.6) is 0 Å². The maximum atomic E-state index is 12.6. The van der Waals surface area contributed by atoms with Gasteiger partial charge in [0.05, 0.1) is 6.20 Å². The maximum Gasteiger partial charge on any atom is 0.433 e. The minimum absolute atomic E-state index is 0.155. The van der Waals surface area contributed by atoms with Crippen LogP contribution in [0.15, 0.2) is 30.6 Å². The molecule has 0 saturated heterocycles. The highest BCUT2D eigenvalue weighted by molar-refractivity contribution is 5.27. The van der Waals surface area contributed by atoms with Gasteiger partial charge in [0.15, 0.2) is 5.82 Å². The van der Waals surface area contributed by atoms with E-state index in [9.17, 15) is 13.2 Å². The van der Waals surface area contributed by atoms with E-state index in [2.05, 4.69) is 10.1 Å². The van der Waals surface area contributed by atoms with Gasteiger partial charge in [-0.3, -0.25) is 0 Å². The second kappa shape index (κ2) is 3.62. The Balaban J connectivity index is 2.49. The Bertz CT molecular complexity index is 485. The Kier molecular flexibility index (Phi) is 2.41. The Hall–Kier alpha value is -1.85. The molecular formula is C10H8F3N3. The van der Waals surface area contributed by atoms with E-state index in [0.29, 0.717) is 0 Å². The van der Waals surface area contributed by atoms with Crippen molar-refractivity contribution in [3.63, 3.8) is 0 Å². The lowest BCUT2D eigenvalue weighted by atomic mass is 10.3. The first-order chi connectivity index (χ1) is 7.48. The molecule has 2 rings (SSSR count). The third-order valence-corrected chi connectivity index (χ3v) is 2.05. The molecular weight excluding hydrogens is 219 g/mol. The number of hydrogen-bond donors (Lipinski definition) is 0. The van der Waals surface area contributed by atoms with Crippen molar-refractivity contribution in [1.29, 1.82) is 0 Å². The molecule has 0 unspecified atom stereocenters. The van der Waals surface area contributed by atoms with Gasteiger partial charge in [-0.2, -0.15) is 18.3 Å². The first-order valence-corrected chi connectivity index (χ1v) is 4.53. The molecule has 0 atom stereocenters. The Morgan fingerprint density at radius 3 is 2.50 bits per heavy atom. The van der Waals surface area contributed by atoms with E-state index in [0.717, 1.165) is 22.5 Å². The molecule has 2 aromatic rings. The van der Waals surface area contributed by atoms with E-state index < -0.39 is 11.9 Å². The minimum atomic E-state index is -4.43. The summed E-state index contributed by atoms with van der Waals surface area (Å²) in [6.07, 6.45) is -1.83. The zero-order valence-electron chi connectivity index (χ0n) is 8.36. The summed E-state index contributed by atoms with van der Waals surface area (Å²) < 4.78 is 38.5. The molecule has 2 heterocycles. The monoisotopic (exact) mass is 227 g/mol. The molecule has 0 aliphatic carbocycles. The Morgan fingerprint density at radius 1 is 1.19 bits per heavy atom. The van der Waals surface area contributed by atoms with Crippen LogP contribution in [0, 0.1) is 6.92 Å². The van der Waals surface area contributed by atoms with Gasteiger partial charge < -0.3 is 0 Å². The maximum absolute atomic E-state index is 12.6. The lowest BCUT2D eigenvalue weighted by Crippen LogP contribution is -2.14. The summed E-state index contributed by atoms with van der Waals surface area (Å²) in [6, 6.07) is 4.10. The molecule has 0 radical (unpaired) electrons. The van der Waals surface area contributed by atoms with Gasteiger partial charge in [-0.15, -0.1) is 0 Å². The zero-order valence-corrected chi connectivity index (χ0v) is 8.36. The SMILES string of the molecule is Cc1ccc(-n2nccc2C(F)(F)F)nc1. The molecule has 0 aromatic carbocycles. The molecule has 2 aromatic heterocycles. The largest absolute Gasteiger partial charge is 0.433 e. The number of alkyl halides is 3. The number of pyridine rings is 1. The molecule has 0 fully saturated rings. The van der Waals surface area contributed by atoms with Crippen molar-refractivity contribution in [2.75, 3.05) is 0 Å². The lowest BCUT2D eigenvalue weighted by Gasteiger charge is -2.09. The third kappa shape index (κ3) is 1.91. The van der Waals surface area contributed by atoms with Gasteiger partial charge in [-0.1, -0.05) is 6.07 Å². The first-order valence-electron chi connectivity index (χ1n) is 4.53. The number of aromatic nitrogens is 3. The topological polar surface area (TPSA) is 30.7 Å². The summed E-state index contributed by atoms with van der Waals surface area (Å²) in [7, 11) is 0. The first kappa shape index (κ1) is 10.7. The molecule has 0 N–H and O–H groups in total. The standard InChI is InChI=1S/C10H8F3N3/c1-7-2-3-9(14-6-7)16-8(4-5-15-16)10(11,12)13/h2-6H,1H3. The quantitative estimate of drug-likeness (QED) is 0.749. The fraction of sp³-hybridized carbons (Fsp3) is 0.200. The van der Waals surface area contributed by atoms with E-state index in [4.69, 9.17) is 0 Å². The summed E-state index contributed by atoms with van der Waals surface area (Å²) in [6.45, 7) is 1.81. The zero-order chi connectivity index (χ0) is 11.8. The van der Waals surface area contributed by atoms with Crippen LogP contribution in [0.25, 0.3) is 5.82 Å². The molecule has 84 valence electrons. The summed E-state index contributed by atoms with van der Waals surface area (Å²) in [5.74, 6) is 0.155. The fourth-order valence-corrected chi connectivity index (χ4v) is 1.29. The highest BCUT2D eigenvalue weighted by Crippen LogP contribution is 2.29. The van der Waals surface area contributed by atoms with E-state index in [1.807, 2.05) is 6.92 Å². The van der Waals surface area contributed by atoms with E-state index in [-0.39, 0.29) is 5.82 Å². The molecule has 0 amide bonds. The second-order valence-corrected chi connectivity index (χ2v) is 3.32. The smallest absolute Gasteiger partial charge is 0.237 e. The summed E-state index contributed by atoms with van der Waals surface area (Å²) >= 11 is 0. The van der Waals surface area contributed by atoms with Crippen LogP contribution in [-0.4, -0.2) is 14.8 Å². The van der Waals surface area contributed by atoms with Gasteiger partial charge in [0.25, 0.3) is 0 Å². The highest BCUT2D eigenvalue weighted by Gasteiger charge is 2.35. The van der Waals surface area contributed by atoms with Crippen LogP contribution >= 0.6 is 0 Å². The van der Waals surface area contributed by atoms with Crippen molar-refractivity contribution in [1.82, 2.24) is 14.8 Å². The van der Waals surface area contributed by atoms with Gasteiger partial charge >= 0.3 is 6.18 Å². The molecule has 0 saturated carbocycles. The van der Waals surface area contributed by atoms with Crippen molar-refractivity contribution in [3.05, 3.63) is 41.9 Å². The normalized spacial score (nSPS) is 11.8. The van der Waals surface area contributed by atoms with Crippen molar-refractivity contribution in [2.24, 2.45) is 0 Å². The van der Waals surface area contributed by atoms with Crippen LogP contribution in [0.2, 0.25) is 0 Å². The van der Waals surface area contributed by atoms with Gasteiger partial charge in [-0.25, -0.2) is 9.67 Å². The van der Waals surface area contributed by atoms with E-state index in [1.165, 1.54) is 12.3 Å². The predicted octanol–water partition coefficient (Wildman–Crippen LogP) is 2.59. The predicted molar refractivity (Wildman–Crippen MR) is 51.1 cm³/mol. The number of aryl methyl sites for hydroxylation is 1. The summed E-state index contributed by atoms with van der Waals surface area (Å²) in [4.78, 5) is 3.90. The fourth-order valence-electron chi connectivity index (χ4n) is 1.29. The lowest BCUT2D eigenvalue weighted by molar-refractivity contribution is -0.142. The van der Waals surface area contributed by atoms with Crippen LogP contribution in [0.3, 0.4) is 0 Å². The van der Waals surface area contributed by atoms with E-state index in [1.54, 1.807) is 6.07 Å². The van der Waals surface area contributed by atoms with Gasteiger partial charge in [0, 0.05) is 6.20 Å². The average Bonchev–Trinajstić information content (AvgIpc) is 2.66. The van der Waals surface area contributed by atoms with Crippen molar-refractivity contribution >= 4 is 0 Å². The van der Waals surface area contributed by atoms with Gasteiger partial charge in [0.2, 0.25) is 0 Å². The van der Waals surface area contributed by atoms with Gasteiger partial charge in [-0.05, 0) is 24.6 Å². The van der Waals surface area contributed by atoms with Gasteiger partial charge in [0.1, 0.15) is 5.69 Å². The summed E-state index contributed by atoms with van der Waals surface area (Å²) in [5, 5.41) is 3.62. The third-order valence-electron chi connectivity index (χ3n) is 2.05. The van der Waals surface area contributed by atoms with Crippen LogP contribution in [0.4, 0.5) is 13.2 Å². The second-order valence-electron chi connectivity index (χ2n) is 3.32. The molecule has 3 nitrogen and oxygen atoms in total. The molecule has 0 bridgehead atoms. The number of rotatable bonds is 1. The molecule has 16 heavy (non-hydrogen) atoms. The molecule has 0 spiro atoms. The van der Waals surface area contributed by atoms with Crippen molar-refractivity contribution < 1.29 is 13.2 Å². The van der Waals surface area contributed by atoms with Crippen LogP contribution < -0.4 is 0 Å². The summed E-state index contributed by atoms with van der Waals surface area (Å²) in [5.41, 5.74) is 0.0494. The Labute approximate surface area is 89.5 Å². The molecule has 6 heteroatoms. The number of nitrogens with zero attached hydrogens (tertiary/aromatic N) is 3. The van der Waals surface area contributed by atoms with Crippen molar-refractivity contribution in [3.8, 4) is 5.82 Å². The molecule has 0 aliphatic rings. The van der Waals surface area contributed by atoms with E-state index >= 15 is 0 Å². The van der Waals surface area contributed by atoms with Crippen LogP contribution in [-0.2, 0) is 6.18 Å². The Morgan fingerprint density at radius 2 is 1.94 bits per heavy atom.